The number of nitrogens with two attached hydrogens (primary N) is 1. The minimum absolute atomic E-state index is 0.151. The van der Waals surface area contributed by atoms with E-state index in [1.807, 2.05) is 0 Å². The summed E-state index contributed by atoms with van der Waals surface area (Å²) in [4.78, 5) is 17.1. The van der Waals surface area contributed by atoms with Crippen LogP contribution in [0.2, 0.25) is 0 Å². The van der Waals surface area contributed by atoms with Crippen LogP contribution in [0.15, 0.2) is 10.7 Å². The quantitative estimate of drug-likeness (QED) is 0.796. The third kappa shape index (κ3) is 2.83. The predicted octanol–water partition coefficient (Wildman–Crippen LogP) is -0.376. The van der Waals surface area contributed by atoms with E-state index in [0.717, 1.165) is 0 Å². The second-order valence-electron chi connectivity index (χ2n) is 4.18. The highest BCUT2D eigenvalue weighted by Gasteiger charge is 2.34. The van der Waals surface area contributed by atoms with E-state index >= 15 is 0 Å². The van der Waals surface area contributed by atoms with Gasteiger partial charge in [0, 0.05) is 18.9 Å². The van der Waals surface area contributed by atoms with E-state index in [9.17, 15) is 13.2 Å². The predicted molar refractivity (Wildman–Crippen MR) is 59.7 cm³/mol. The number of nitrogens with zero attached hydrogens (tertiary/aromatic N) is 2. The van der Waals surface area contributed by atoms with Crippen LogP contribution in [0.3, 0.4) is 0 Å². The van der Waals surface area contributed by atoms with Gasteiger partial charge >= 0.3 is 6.01 Å². The van der Waals surface area contributed by atoms with E-state index in [1.54, 1.807) is 6.92 Å². The number of amides is 1. The van der Waals surface area contributed by atoms with Crippen molar-refractivity contribution in [2.45, 2.75) is 13.3 Å². The molecule has 0 saturated carbocycles. The Morgan fingerprint density at radius 1 is 1.65 bits per heavy atom. The van der Waals surface area contributed by atoms with Crippen LogP contribution in [0.4, 0.5) is 6.01 Å². The Kier molecular flexibility index (Phi) is 2.92. The Morgan fingerprint density at radius 2 is 2.35 bits per heavy atom. The summed E-state index contributed by atoms with van der Waals surface area (Å²) in [6.07, 6.45) is 1.59. The van der Waals surface area contributed by atoms with Crippen LogP contribution in [0.25, 0.3) is 0 Å². The van der Waals surface area contributed by atoms with Crippen molar-refractivity contribution in [2.75, 3.05) is 17.2 Å². The lowest BCUT2D eigenvalue weighted by Gasteiger charge is -2.10. The van der Waals surface area contributed by atoms with Gasteiger partial charge in [-0.05, 0) is 6.92 Å². The normalized spacial score (nSPS) is 21.2. The largest absolute Gasteiger partial charge is 0.431 e. The number of hydrogen-bond acceptors (Lipinski definition) is 5. The molecular formula is C9H13N3O4S. The number of hydrogen-bond donors (Lipinski definition) is 1. The van der Waals surface area contributed by atoms with Gasteiger partial charge in [-0.25, -0.2) is 13.6 Å². The number of rotatable bonds is 3. The van der Waals surface area contributed by atoms with E-state index in [2.05, 4.69) is 4.98 Å². The minimum atomic E-state index is -3.56. The zero-order valence-corrected chi connectivity index (χ0v) is 10.1. The second kappa shape index (κ2) is 4.11. The van der Waals surface area contributed by atoms with Gasteiger partial charge in [0.1, 0.15) is 6.26 Å². The van der Waals surface area contributed by atoms with Crippen LogP contribution in [-0.4, -0.2) is 31.6 Å². The SMILES string of the molecule is Cc1coc(N2CC(CS(N)(=O)=O)CC2=O)n1. The standard InChI is InChI=1S/C9H13N3O4S/c1-6-4-16-9(11-6)12-3-7(2-8(12)13)5-17(10,14)15/h4,7H,2-3,5H2,1H3,(H2,10,14,15). The number of aryl methyl sites for hydroxylation is 1. The minimum Gasteiger partial charge on any atom is -0.431 e. The Balaban J connectivity index is 2.10. The van der Waals surface area contributed by atoms with E-state index in [-0.39, 0.29) is 36.6 Å². The van der Waals surface area contributed by atoms with Gasteiger partial charge in [0.15, 0.2) is 0 Å². The first kappa shape index (κ1) is 12.1. The molecule has 0 bridgehead atoms. The van der Waals surface area contributed by atoms with E-state index in [0.29, 0.717) is 5.69 Å². The Hall–Kier alpha value is -1.41. The van der Waals surface area contributed by atoms with Crippen LogP contribution >= 0.6 is 0 Å². The van der Waals surface area contributed by atoms with E-state index in [4.69, 9.17) is 9.56 Å². The summed E-state index contributed by atoms with van der Waals surface area (Å²) >= 11 is 0. The number of carbonyl (C=O) groups excluding carboxylic acids is 1. The first-order chi connectivity index (χ1) is 7.85. The maximum Gasteiger partial charge on any atom is 0.304 e. The summed E-state index contributed by atoms with van der Waals surface area (Å²) in [6, 6.07) is 0.212. The summed E-state index contributed by atoms with van der Waals surface area (Å²) in [5.41, 5.74) is 0.669. The lowest BCUT2D eigenvalue weighted by Crippen LogP contribution is -2.27. The van der Waals surface area contributed by atoms with E-state index in [1.165, 1.54) is 11.2 Å². The molecule has 1 atom stereocenters. The Labute approximate surface area is 98.7 Å². The number of aromatic nitrogens is 1. The smallest absolute Gasteiger partial charge is 0.304 e. The van der Waals surface area contributed by atoms with Crippen molar-refractivity contribution in [1.82, 2.24) is 4.98 Å². The number of oxazole rings is 1. The maximum atomic E-state index is 11.7. The molecule has 2 rings (SSSR count). The molecule has 1 unspecified atom stereocenters. The average Bonchev–Trinajstić information content (AvgIpc) is 2.70. The molecule has 94 valence electrons. The molecule has 1 amide bonds. The molecule has 17 heavy (non-hydrogen) atoms. The molecule has 1 aromatic rings. The van der Waals surface area contributed by atoms with Crippen molar-refractivity contribution in [2.24, 2.45) is 11.1 Å². The van der Waals surface area contributed by atoms with Gasteiger partial charge in [-0.2, -0.15) is 4.98 Å². The van der Waals surface area contributed by atoms with Gasteiger partial charge < -0.3 is 4.42 Å². The van der Waals surface area contributed by atoms with Gasteiger partial charge in [-0.3, -0.25) is 9.69 Å². The van der Waals surface area contributed by atoms with Crippen molar-refractivity contribution >= 4 is 21.9 Å². The first-order valence-electron chi connectivity index (χ1n) is 5.08. The molecule has 1 aromatic heterocycles. The molecule has 1 aliphatic heterocycles. The molecule has 0 radical (unpaired) electrons. The maximum absolute atomic E-state index is 11.7. The number of sulfonamides is 1. The fraction of sp³-hybridized carbons (Fsp3) is 0.556. The van der Waals surface area contributed by atoms with Crippen LogP contribution in [-0.2, 0) is 14.8 Å². The fourth-order valence-corrected chi connectivity index (χ4v) is 2.75. The number of carbonyl (C=O) groups is 1. The van der Waals surface area contributed by atoms with Crippen molar-refractivity contribution in [3.05, 3.63) is 12.0 Å². The van der Waals surface area contributed by atoms with Crippen LogP contribution < -0.4 is 10.0 Å². The number of primary sulfonamides is 1. The molecular weight excluding hydrogens is 246 g/mol. The highest BCUT2D eigenvalue weighted by molar-refractivity contribution is 7.89. The topological polar surface area (TPSA) is 107 Å². The zero-order valence-electron chi connectivity index (χ0n) is 9.29. The first-order valence-corrected chi connectivity index (χ1v) is 6.79. The molecule has 7 nitrogen and oxygen atoms in total. The molecule has 2 N–H and O–H groups in total. The molecule has 0 spiro atoms. The third-order valence-corrected chi connectivity index (χ3v) is 3.45. The van der Waals surface area contributed by atoms with E-state index < -0.39 is 10.0 Å². The molecule has 0 aromatic carbocycles. The highest BCUT2D eigenvalue weighted by atomic mass is 32.2. The summed E-state index contributed by atoms with van der Waals surface area (Å²) < 4.78 is 27.0. The molecule has 8 heteroatoms. The van der Waals surface area contributed by atoms with Gasteiger partial charge in [0.2, 0.25) is 15.9 Å². The summed E-state index contributed by atoms with van der Waals surface area (Å²) in [6.45, 7) is 2.02. The third-order valence-electron chi connectivity index (χ3n) is 2.51. The zero-order chi connectivity index (χ0) is 12.6. The van der Waals surface area contributed by atoms with Crippen molar-refractivity contribution in [3.8, 4) is 0 Å². The lowest BCUT2D eigenvalue weighted by atomic mass is 10.1. The lowest BCUT2D eigenvalue weighted by molar-refractivity contribution is -0.117. The Morgan fingerprint density at radius 3 is 2.88 bits per heavy atom. The van der Waals surface area contributed by atoms with Crippen molar-refractivity contribution in [3.63, 3.8) is 0 Å². The monoisotopic (exact) mass is 259 g/mol. The molecule has 1 aliphatic rings. The summed E-state index contributed by atoms with van der Waals surface area (Å²) in [5, 5.41) is 4.95. The van der Waals surface area contributed by atoms with Crippen LogP contribution in [0.5, 0.6) is 0 Å². The van der Waals surface area contributed by atoms with Crippen LogP contribution in [0.1, 0.15) is 12.1 Å². The fourth-order valence-electron chi connectivity index (χ4n) is 1.87. The number of anilines is 1. The molecule has 1 saturated heterocycles. The second-order valence-corrected chi connectivity index (χ2v) is 5.83. The molecule has 2 heterocycles. The van der Waals surface area contributed by atoms with Crippen molar-refractivity contribution < 1.29 is 17.6 Å². The van der Waals surface area contributed by atoms with Gasteiger partial charge in [-0.15, -0.1) is 0 Å². The van der Waals surface area contributed by atoms with Gasteiger partial charge in [0.05, 0.1) is 11.4 Å². The molecule has 0 aliphatic carbocycles. The van der Waals surface area contributed by atoms with Crippen molar-refractivity contribution in [1.29, 1.82) is 0 Å². The summed E-state index contributed by atoms with van der Waals surface area (Å²) in [7, 11) is -3.56. The summed E-state index contributed by atoms with van der Waals surface area (Å²) in [5.74, 6) is -0.695. The molecule has 1 fully saturated rings. The van der Waals surface area contributed by atoms with Crippen LogP contribution in [0, 0.1) is 12.8 Å². The Bertz CT molecular complexity index is 536. The highest BCUT2D eigenvalue weighted by Crippen LogP contribution is 2.24. The van der Waals surface area contributed by atoms with Gasteiger partial charge in [0.25, 0.3) is 0 Å². The average molecular weight is 259 g/mol. The van der Waals surface area contributed by atoms with Gasteiger partial charge in [-0.1, -0.05) is 0 Å².